The molecule has 31 heavy (non-hydrogen) atoms. The van der Waals surface area contributed by atoms with Crippen LogP contribution in [0.5, 0.6) is 0 Å². The Bertz CT molecular complexity index is 1030. The van der Waals surface area contributed by atoms with Crippen LogP contribution in [0, 0.1) is 12.8 Å². The van der Waals surface area contributed by atoms with Crippen LogP contribution in [0.15, 0.2) is 24.4 Å². The van der Waals surface area contributed by atoms with E-state index in [0.29, 0.717) is 18.4 Å². The molecular weight excluding hydrogens is 382 g/mol. The van der Waals surface area contributed by atoms with Crippen molar-refractivity contribution >= 4 is 10.9 Å². The van der Waals surface area contributed by atoms with Crippen LogP contribution >= 0.6 is 0 Å². The second-order valence-corrected chi connectivity index (χ2v) is 9.85. The lowest BCUT2D eigenvalue weighted by atomic mass is 9.89. The van der Waals surface area contributed by atoms with Crippen LogP contribution in [-0.2, 0) is 11.3 Å². The predicted octanol–water partition coefficient (Wildman–Crippen LogP) is 7.28. The number of hydrogen-bond acceptors (Lipinski definition) is 3. The highest BCUT2D eigenvalue weighted by molar-refractivity contribution is 5.95. The number of ether oxygens (including phenoxy) is 1. The van der Waals surface area contributed by atoms with Crippen molar-refractivity contribution < 1.29 is 4.74 Å². The summed E-state index contributed by atoms with van der Waals surface area (Å²) in [5.41, 5.74) is 8.33. The summed E-state index contributed by atoms with van der Waals surface area (Å²) in [7, 11) is 0. The number of rotatable bonds is 7. The number of nitrogens with zero attached hydrogens (tertiary/aromatic N) is 2. The zero-order chi connectivity index (χ0) is 22.0. The first-order valence-electron chi connectivity index (χ1n) is 12.0. The van der Waals surface area contributed by atoms with Crippen molar-refractivity contribution in [2.45, 2.75) is 85.2 Å². The van der Waals surface area contributed by atoms with Gasteiger partial charge in [-0.2, -0.15) is 5.10 Å². The smallest absolute Gasteiger partial charge is 0.0737 e. The van der Waals surface area contributed by atoms with Gasteiger partial charge in [0.2, 0.25) is 0 Å². The lowest BCUT2D eigenvalue weighted by Crippen LogP contribution is -2.14. The first-order chi connectivity index (χ1) is 15.0. The van der Waals surface area contributed by atoms with E-state index in [1.807, 2.05) is 6.20 Å². The molecule has 0 atom stereocenters. The third-order valence-electron chi connectivity index (χ3n) is 6.85. The summed E-state index contributed by atoms with van der Waals surface area (Å²) in [5.74, 6) is 1.56. The molecule has 0 spiro atoms. The fraction of sp³-hybridized carbons (Fsp3) is 0.556. The van der Waals surface area contributed by atoms with Crippen molar-refractivity contribution in [2.75, 3.05) is 6.61 Å². The number of aromatic amines is 1. The molecule has 0 bridgehead atoms. The SMILES string of the molecule is Cc1nc(-c2c(C(C)C)ccc3[nH]ncc23)cc(C(C)C)c1COCC1CCCCC1. The monoisotopic (exact) mass is 419 g/mol. The van der Waals surface area contributed by atoms with Gasteiger partial charge in [-0.3, -0.25) is 10.1 Å². The van der Waals surface area contributed by atoms with Gasteiger partial charge < -0.3 is 4.74 Å². The Balaban J connectivity index is 1.69. The number of nitrogens with one attached hydrogen (secondary N) is 1. The van der Waals surface area contributed by atoms with E-state index in [2.05, 4.69) is 63.0 Å². The molecule has 4 heteroatoms. The summed E-state index contributed by atoms with van der Waals surface area (Å²) in [4.78, 5) is 5.10. The average Bonchev–Trinajstić information content (AvgIpc) is 3.23. The molecule has 2 aromatic heterocycles. The molecule has 0 aliphatic heterocycles. The van der Waals surface area contributed by atoms with E-state index in [1.54, 1.807) is 0 Å². The fourth-order valence-corrected chi connectivity index (χ4v) is 5.04. The lowest BCUT2D eigenvalue weighted by molar-refractivity contribution is 0.0730. The van der Waals surface area contributed by atoms with Crippen LogP contribution in [0.4, 0.5) is 0 Å². The highest BCUT2D eigenvalue weighted by Crippen LogP contribution is 2.37. The van der Waals surface area contributed by atoms with Gasteiger partial charge in [-0.15, -0.1) is 0 Å². The summed E-state index contributed by atoms with van der Waals surface area (Å²) in [5, 5.41) is 8.57. The molecule has 4 nitrogen and oxygen atoms in total. The lowest BCUT2D eigenvalue weighted by Gasteiger charge is -2.23. The van der Waals surface area contributed by atoms with Gasteiger partial charge in [0.15, 0.2) is 0 Å². The van der Waals surface area contributed by atoms with Crippen LogP contribution in [0.1, 0.15) is 94.0 Å². The topological polar surface area (TPSA) is 50.8 Å². The van der Waals surface area contributed by atoms with Crippen molar-refractivity contribution in [3.05, 3.63) is 46.8 Å². The van der Waals surface area contributed by atoms with Crippen molar-refractivity contribution in [1.29, 1.82) is 0 Å². The summed E-state index contributed by atoms with van der Waals surface area (Å²) in [6.45, 7) is 12.7. The number of aryl methyl sites for hydroxylation is 1. The summed E-state index contributed by atoms with van der Waals surface area (Å²) in [6, 6.07) is 6.64. The van der Waals surface area contributed by atoms with Crippen LogP contribution < -0.4 is 0 Å². The molecule has 166 valence electrons. The van der Waals surface area contributed by atoms with Gasteiger partial charge in [0.05, 0.1) is 24.0 Å². The number of benzene rings is 1. The highest BCUT2D eigenvalue weighted by Gasteiger charge is 2.20. The van der Waals surface area contributed by atoms with E-state index in [4.69, 9.17) is 9.72 Å². The maximum Gasteiger partial charge on any atom is 0.0737 e. The predicted molar refractivity (Wildman–Crippen MR) is 128 cm³/mol. The molecule has 2 heterocycles. The molecule has 1 saturated carbocycles. The number of H-pyrrole nitrogens is 1. The van der Waals surface area contributed by atoms with Gasteiger partial charge in [0.1, 0.15) is 0 Å². The Morgan fingerprint density at radius 3 is 2.48 bits per heavy atom. The van der Waals surface area contributed by atoms with E-state index in [0.717, 1.165) is 34.8 Å². The highest BCUT2D eigenvalue weighted by atomic mass is 16.5. The van der Waals surface area contributed by atoms with Crippen molar-refractivity contribution in [2.24, 2.45) is 5.92 Å². The molecule has 0 radical (unpaired) electrons. The molecule has 4 rings (SSSR count). The second kappa shape index (κ2) is 9.52. The molecule has 1 aromatic carbocycles. The minimum atomic E-state index is 0.414. The van der Waals surface area contributed by atoms with Crippen LogP contribution in [0.25, 0.3) is 22.2 Å². The Hall–Kier alpha value is -2.20. The molecule has 0 unspecified atom stereocenters. The van der Waals surface area contributed by atoms with E-state index < -0.39 is 0 Å². The zero-order valence-corrected chi connectivity index (χ0v) is 19.8. The largest absolute Gasteiger partial charge is 0.376 e. The van der Waals surface area contributed by atoms with Gasteiger partial charge in [0.25, 0.3) is 0 Å². The van der Waals surface area contributed by atoms with Crippen LogP contribution in [0.2, 0.25) is 0 Å². The van der Waals surface area contributed by atoms with Gasteiger partial charge in [0, 0.05) is 28.8 Å². The molecule has 3 aromatic rings. The second-order valence-electron chi connectivity index (χ2n) is 9.85. The van der Waals surface area contributed by atoms with Gasteiger partial charge >= 0.3 is 0 Å². The normalized spacial score (nSPS) is 15.5. The Morgan fingerprint density at radius 2 is 1.77 bits per heavy atom. The van der Waals surface area contributed by atoms with Crippen molar-refractivity contribution in [3.63, 3.8) is 0 Å². The molecule has 1 aliphatic rings. The van der Waals surface area contributed by atoms with E-state index in [-0.39, 0.29) is 0 Å². The Morgan fingerprint density at radius 1 is 1.03 bits per heavy atom. The molecular formula is C27H37N3O. The minimum Gasteiger partial charge on any atom is -0.376 e. The van der Waals surface area contributed by atoms with Crippen LogP contribution in [0.3, 0.4) is 0 Å². The van der Waals surface area contributed by atoms with Crippen molar-refractivity contribution in [1.82, 2.24) is 15.2 Å². The molecule has 0 amide bonds. The maximum absolute atomic E-state index is 6.24. The standard InChI is InChI=1S/C27H37N3O/c1-17(2)21-11-12-25-23(14-28-30-25)27(21)26-13-22(18(3)4)24(19(5)29-26)16-31-15-20-9-7-6-8-10-20/h11-14,17-18,20H,6-10,15-16H2,1-5H3,(H,28,30). The van der Waals surface area contributed by atoms with E-state index in [1.165, 1.54) is 54.4 Å². The molecule has 1 N–H and O–H groups in total. The summed E-state index contributed by atoms with van der Waals surface area (Å²) < 4.78 is 6.24. The number of hydrogen-bond donors (Lipinski definition) is 1. The van der Waals surface area contributed by atoms with E-state index in [9.17, 15) is 0 Å². The van der Waals surface area contributed by atoms with Crippen molar-refractivity contribution in [3.8, 4) is 11.3 Å². The average molecular weight is 420 g/mol. The minimum absolute atomic E-state index is 0.414. The number of pyridine rings is 1. The van der Waals surface area contributed by atoms with Gasteiger partial charge in [-0.05, 0) is 60.8 Å². The zero-order valence-electron chi connectivity index (χ0n) is 19.8. The third kappa shape index (κ3) is 4.69. The van der Waals surface area contributed by atoms with Crippen LogP contribution in [-0.4, -0.2) is 21.8 Å². The summed E-state index contributed by atoms with van der Waals surface area (Å²) in [6.07, 6.45) is 8.68. The van der Waals surface area contributed by atoms with Gasteiger partial charge in [-0.1, -0.05) is 53.0 Å². The van der Waals surface area contributed by atoms with E-state index >= 15 is 0 Å². The molecule has 1 aliphatic carbocycles. The fourth-order valence-electron chi connectivity index (χ4n) is 5.04. The molecule has 1 fully saturated rings. The number of aromatic nitrogens is 3. The first-order valence-corrected chi connectivity index (χ1v) is 12.0. The maximum atomic E-state index is 6.24. The third-order valence-corrected chi connectivity index (χ3v) is 6.85. The van der Waals surface area contributed by atoms with Gasteiger partial charge in [-0.25, -0.2) is 0 Å². The number of fused-ring (bicyclic) bond motifs is 1. The molecule has 0 saturated heterocycles. The quantitative estimate of drug-likeness (QED) is 0.438. The Labute approximate surface area is 186 Å². The Kier molecular flexibility index (Phi) is 6.76. The first kappa shape index (κ1) is 22.0. The summed E-state index contributed by atoms with van der Waals surface area (Å²) >= 11 is 0.